The van der Waals surface area contributed by atoms with Crippen LogP contribution in [0.5, 0.6) is 0 Å². The number of aliphatic hydroxyl groups excluding tert-OH is 1. The summed E-state index contributed by atoms with van der Waals surface area (Å²) >= 11 is 0. The number of hydrogen-bond acceptors (Lipinski definition) is 3. The van der Waals surface area contributed by atoms with Gasteiger partial charge in [-0.2, -0.15) is 0 Å². The summed E-state index contributed by atoms with van der Waals surface area (Å²) in [6.07, 6.45) is 3.27. The zero-order valence-corrected chi connectivity index (χ0v) is 6.66. The van der Waals surface area contributed by atoms with Gasteiger partial charge in [-0.3, -0.25) is 4.79 Å². The van der Waals surface area contributed by atoms with E-state index < -0.39 is 0 Å². The van der Waals surface area contributed by atoms with E-state index in [2.05, 4.69) is 11.7 Å². The molecule has 0 aromatic heterocycles. The molecular formula is C8H15O3. The van der Waals surface area contributed by atoms with Crippen molar-refractivity contribution >= 4 is 6.47 Å². The lowest BCUT2D eigenvalue weighted by atomic mass is 10.1. The van der Waals surface area contributed by atoms with Crippen LogP contribution in [0, 0.1) is 6.92 Å². The summed E-state index contributed by atoms with van der Waals surface area (Å²) in [6.45, 7) is 4.26. The molecule has 0 saturated carbocycles. The van der Waals surface area contributed by atoms with Crippen LogP contribution in [-0.2, 0) is 9.53 Å². The summed E-state index contributed by atoms with van der Waals surface area (Å²) in [6, 6.07) is 0. The monoisotopic (exact) mass is 159 g/mol. The van der Waals surface area contributed by atoms with Gasteiger partial charge in [-0.15, -0.1) is 0 Å². The van der Waals surface area contributed by atoms with E-state index in [0.717, 1.165) is 25.7 Å². The van der Waals surface area contributed by atoms with Crippen LogP contribution in [0.2, 0.25) is 0 Å². The highest BCUT2D eigenvalue weighted by Crippen LogP contribution is 2.04. The first-order valence-electron chi connectivity index (χ1n) is 3.84. The molecular weight excluding hydrogens is 144 g/mol. The summed E-state index contributed by atoms with van der Waals surface area (Å²) in [7, 11) is 0. The largest absolute Gasteiger partial charge is 0.465 e. The van der Waals surface area contributed by atoms with Crippen molar-refractivity contribution in [3.63, 3.8) is 0 Å². The molecule has 3 heteroatoms. The van der Waals surface area contributed by atoms with Gasteiger partial charge in [-0.25, -0.2) is 0 Å². The molecule has 0 aliphatic heterocycles. The van der Waals surface area contributed by atoms with Crippen LogP contribution in [0.4, 0.5) is 0 Å². The predicted octanol–water partition coefficient (Wildman–Crippen LogP) is 0.915. The topological polar surface area (TPSA) is 46.5 Å². The van der Waals surface area contributed by atoms with E-state index in [0.29, 0.717) is 6.47 Å². The van der Waals surface area contributed by atoms with Crippen molar-refractivity contribution in [3.05, 3.63) is 6.92 Å². The Morgan fingerprint density at radius 3 is 2.73 bits per heavy atom. The molecule has 0 aliphatic rings. The smallest absolute Gasteiger partial charge is 0.293 e. The maximum absolute atomic E-state index is 9.80. The summed E-state index contributed by atoms with van der Waals surface area (Å²) < 4.78 is 4.57. The summed E-state index contributed by atoms with van der Waals surface area (Å²) in [4.78, 5) is 9.80. The van der Waals surface area contributed by atoms with Crippen molar-refractivity contribution in [2.45, 2.75) is 31.8 Å². The number of hydrogen-bond donors (Lipinski definition) is 1. The number of ether oxygens (including phenoxy) is 1. The second-order valence-electron chi connectivity index (χ2n) is 2.43. The van der Waals surface area contributed by atoms with E-state index in [1.54, 1.807) is 0 Å². The Morgan fingerprint density at radius 2 is 2.18 bits per heavy atom. The highest BCUT2D eigenvalue weighted by Gasteiger charge is 1.99. The molecule has 0 bridgehead atoms. The molecule has 0 fully saturated rings. The van der Waals surface area contributed by atoms with Gasteiger partial charge < -0.3 is 9.84 Å². The van der Waals surface area contributed by atoms with Crippen LogP contribution >= 0.6 is 0 Å². The van der Waals surface area contributed by atoms with E-state index in [1.807, 2.05) is 0 Å². The third-order valence-corrected chi connectivity index (χ3v) is 1.43. The fourth-order valence-electron chi connectivity index (χ4n) is 0.807. The minimum atomic E-state index is -0.230. The van der Waals surface area contributed by atoms with Gasteiger partial charge in [-0.05, 0) is 26.2 Å². The van der Waals surface area contributed by atoms with Crippen molar-refractivity contribution < 1.29 is 14.6 Å². The molecule has 65 valence electrons. The van der Waals surface area contributed by atoms with Crippen molar-refractivity contribution in [2.24, 2.45) is 0 Å². The van der Waals surface area contributed by atoms with Crippen LogP contribution < -0.4 is 0 Å². The van der Waals surface area contributed by atoms with Gasteiger partial charge in [-0.1, -0.05) is 6.42 Å². The zero-order valence-electron chi connectivity index (χ0n) is 6.66. The van der Waals surface area contributed by atoms with Crippen LogP contribution in [0.1, 0.15) is 25.7 Å². The van der Waals surface area contributed by atoms with Gasteiger partial charge in [0.05, 0.1) is 0 Å². The lowest BCUT2D eigenvalue weighted by Crippen LogP contribution is -2.06. The Kier molecular flexibility index (Phi) is 7.15. The van der Waals surface area contributed by atoms with Gasteiger partial charge in [0, 0.05) is 6.61 Å². The minimum Gasteiger partial charge on any atom is -0.465 e. The fourth-order valence-corrected chi connectivity index (χ4v) is 0.807. The molecule has 1 N–H and O–H groups in total. The minimum absolute atomic E-state index is 0.230. The molecule has 1 radical (unpaired) electrons. The van der Waals surface area contributed by atoms with Crippen molar-refractivity contribution in [2.75, 3.05) is 6.61 Å². The number of aliphatic hydroxyl groups is 1. The molecule has 0 heterocycles. The van der Waals surface area contributed by atoms with Gasteiger partial charge in [0.2, 0.25) is 0 Å². The predicted molar refractivity (Wildman–Crippen MR) is 41.8 cm³/mol. The Morgan fingerprint density at radius 1 is 1.45 bits per heavy atom. The third kappa shape index (κ3) is 7.33. The van der Waals surface area contributed by atoms with Gasteiger partial charge in [0.1, 0.15) is 6.10 Å². The van der Waals surface area contributed by atoms with Crippen LogP contribution in [-0.4, -0.2) is 24.3 Å². The number of carbonyl (C=O) groups is 1. The van der Waals surface area contributed by atoms with E-state index >= 15 is 0 Å². The molecule has 1 unspecified atom stereocenters. The van der Waals surface area contributed by atoms with Crippen LogP contribution in [0.15, 0.2) is 0 Å². The van der Waals surface area contributed by atoms with Crippen molar-refractivity contribution in [3.8, 4) is 0 Å². The van der Waals surface area contributed by atoms with Crippen molar-refractivity contribution in [1.29, 1.82) is 0 Å². The van der Waals surface area contributed by atoms with Gasteiger partial charge >= 0.3 is 0 Å². The van der Waals surface area contributed by atoms with Gasteiger partial charge in [0.15, 0.2) is 0 Å². The number of carbonyl (C=O) groups excluding carboxylic acids is 1. The first-order chi connectivity index (χ1) is 5.31. The van der Waals surface area contributed by atoms with E-state index in [-0.39, 0.29) is 12.7 Å². The average molecular weight is 159 g/mol. The molecule has 0 aliphatic carbocycles. The summed E-state index contributed by atoms with van der Waals surface area (Å²) in [5.74, 6) is 0. The molecule has 1 atom stereocenters. The highest BCUT2D eigenvalue weighted by atomic mass is 16.5. The van der Waals surface area contributed by atoms with E-state index in [9.17, 15) is 4.79 Å². The Bertz CT molecular complexity index is 93.3. The number of rotatable bonds is 7. The Hall–Kier alpha value is -0.570. The molecule has 3 nitrogen and oxygen atoms in total. The molecule has 0 saturated heterocycles. The number of unbranched alkanes of at least 4 members (excludes halogenated alkanes) is 2. The average Bonchev–Trinajstić information content (AvgIpc) is 1.99. The molecule has 0 aromatic rings. The second kappa shape index (κ2) is 7.54. The van der Waals surface area contributed by atoms with Crippen LogP contribution in [0.25, 0.3) is 0 Å². The lowest BCUT2D eigenvalue weighted by molar-refractivity contribution is -0.131. The standard InChI is InChI=1S/C8H15O3/c1-8(11-7-10)5-3-2-4-6-9/h7-9H,1-6H2. The zero-order chi connectivity index (χ0) is 8.53. The SMILES string of the molecule is [CH2]C(CCCCCO)OC=O. The lowest BCUT2D eigenvalue weighted by Gasteiger charge is -2.07. The second-order valence-corrected chi connectivity index (χ2v) is 2.43. The Labute approximate surface area is 67.4 Å². The van der Waals surface area contributed by atoms with E-state index in [4.69, 9.17) is 5.11 Å². The molecule has 0 rings (SSSR count). The molecule has 0 aromatic carbocycles. The molecule has 11 heavy (non-hydrogen) atoms. The van der Waals surface area contributed by atoms with Crippen LogP contribution in [0.3, 0.4) is 0 Å². The molecule has 0 amide bonds. The normalized spacial score (nSPS) is 12.5. The first-order valence-corrected chi connectivity index (χ1v) is 3.84. The third-order valence-electron chi connectivity index (χ3n) is 1.43. The van der Waals surface area contributed by atoms with E-state index in [1.165, 1.54) is 0 Å². The Balaban J connectivity index is 3.03. The molecule has 0 spiro atoms. The first kappa shape index (κ1) is 10.4. The van der Waals surface area contributed by atoms with Crippen molar-refractivity contribution in [1.82, 2.24) is 0 Å². The summed E-state index contributed by atoms with van der Waals surface area (Å²) in [5, 5.41) is 8.43. The van der Waals surface area contributed by atoms with Gasteiger partial charge in [0.25, 0.3) is 6.47 Å². The summed E-state index contributed by atoms with van der Waals surface area (Å²) in [5.41, 5.74) is 0. The fraction of sp³-hybridized carbons (Fsp3) is 0.750. The maximum Gasteiger partial charge on any atom is 0.293 e. The maximum atomic E-state index is 9.80. The quantitative estimate of drug-likeness (QED) is 0.443. The highest BCUT2D eigenvalue weighted by molar-refractivity contribution is 5.37.